The number of thioether (sulfide) groups is 1. The molecule has 0 unspecified atom stereocenters. The van der Waals surface area contributed by atoms with Crippen molar-refractivity contribution in [1.29, 1.82) is 0 Å². The van der Waals surface area contributed by atoms with Crippen molar-refractivity contribution in [3.63, 3.8) is 0 Å². The average Bonchev–Trinajstić information content (AvgIpc) is 3.05. The van der Waals surface area contributed by atoms with Gasteiger partial charge in [0.05, 0.1) is 16.8 Å². The highest BCUT2D eigenvalue weighted by atomic mass is 32.2. The lowest BCUT2D eigenvalue weighted by Crippen LogP contribution is -2.18. The minimum Gasteiger partial charge on any atom is -0.494 e. The summed E-state index contributed by atoms with van der Waals surface area (Å²) < 4.78 is 22.1. The van der Waals surface area contributed by atoms with Crippen LogP contribution in [0.1, 0.15) is 36.5 Å². The number of ether oxygens (including phenoxy) is 1. The number of thiazole rings is 1. The van der Waals surface area contributed by atoms with E-state index >= 15 is 0 Å². The predicted molar refractivity (Wildman–Crippen MR) is 120 cm³/mol. The van der Waals surface area contributed by atoms with E-state index in [1.165, 1.54) is 23.5 Å². The van der Waals surface area contributed by atoms with Crippen LogP contribution in [0.4, 0.5) is 4.39 Å². The summed E-state index contributed by atoms with van der Waals surface area (Å²) in [6, 6.07) is 11.8. The molecule has 0 aliphatic rings. The van der Waals surface area contributed by atoms with Crippen molar-refractivity contribution in [2.24, 2.45) is 4.99 Å². The topological polar surface area (TPSA) is 43.6 Å². The summed E-state index contributed by atoms with van der Waals surface area (Å²) in [7, 11) is 0. The van der Waals surface area contributed by atoms with Gasteiger partial charge in [-0.05, 0) is 55.1 Å². The van der Waals surface area contributed by atoms with Gasteiger partial charge in [0.15, 0.2) is 4.80 Å². The Morgan fingerprint density at radius 2 is 2.00 bits per heavy atom. The standard InChI is InChI=1S/C22H25FN2O2S2/c1-3-4-5-13-27-18-9-6-16(7-10-18)21(26)24-22-25(12-14-28-2)19-11-8-17(23)15-20(19)29-22/h6-11,15H,3-5,12-14H2,1-2H3. The molecule has 29 heavy (non-hydrogen) atoms. The van der Waals surface area contributed by atoms with Gasteiger partial charge in [-0.2, -0.15) is 16.8 Å². The SMILES string of the molecule is CCCCCOc1ccc(C(=O)N=c2sc3cc(F)ccc3n2CCSC)cc1. The van der Waals surface area contributed by atoms with E-state index in [0.717, 1.165) is 41.0 Å². The molecular formula is C22H25FN2O2S2. The van der Waals surface area contributed by atoms with E-state index in [0.29, 0.717) is 23.5 Å². The highest BCUT2D eigenvalue weighted by Gasteiger charge is 2.10. The molecule has 3 aromatic rings. The van der Waals surface area contributed by atoms with E-state index in [4.69, 9.17) is 4.74 Å². The van der Waals surface area contributed by atoms with Crippen LogP contribution < -0.4 is 9.54 Å². The second-order valence-electron chi connectivity index (χ2n) is 6.64. The zero-order valence-electron chi connectivity index (χ0n) is 16.7. The first kappa shape index (κ1) is 21.6. The summed E-state index contributed by atoms with van der Waals surface area (Å²) in [5, 5.41) is 0. The van der Waals surface area contributed by atoms with E-state index in [9.17, 15) is 9.18 Å². The smallest absolute Gasteiger partial charge is 0.279 e. The minimum atomic E-state index is -0.313. The molecule has 7 heteroatoms. The number of benzene rings is 2. The fourth-order valence-corrected chi connectivity index (χ4v) is 4.36. The maximum Gasteiger partial charge on any atom is 0.279 e. The quantitative estimate of drug-likeness (QED) is 0.419. The third-order valence-corrected chi connectivity index (χ3v) is 6.11. The molecule has 0 aliphatic carbocycles. The van der Waals surface area contributed by atoms with Gasteiger partial charge >= 0.3 is 0 Å². The van der Waals surface area contributed by atoms with E-state index in [1.54, 1.807) is 42.1 Å². The Morgan fingerprint density at radius 1 is 1.21 bits per heavy atom. The lowest BCUT2D eigenvalue weighted by atomic mass is 10.2. The number of aromatic nitrogens is 1. The third kappa shape index (κ3) is 5.70. The minimum absolute atomic E-state index is 0.289. The van der Waals surface area contributed by atoms with Gasteiger partial charge in [0.25, 0.3) is 5.91 Å². The van der Waals surface area contributed by atoms with Gasteiger partial charge < -0.3 is 9.30 Å². The number of unbranched alkanes of at least 4 members (excludes halogenated alkanes) is 2. The number of hydrogen-bond donors (Lipinski definition) is 0. The number of aryl methyl sites for hydroxylation is 1. The molecule has 0 spiro atoms. The first-order valence-electron chi connectivity index (χ1n) is 9.72. The second kappa shape index (κ2) is 10.6. The fourth-order valence-electron chi connectivity index (χ4n) is 2.92. The van der Waals surface area contributed by atoms with Crippen LogP contribution in [0.3, 0.4) is 0 Å². The molecule has 0 fully saturated rings. The lowest BCUT2D eigenvalue weighted by molar-refractivity contribution is 0.0998. The Morgan fingerprint density at radius 3 is 2.72 bits per heavy atom. The van der Waals surface area contributed by atoms with Gasteiger partial charge in [0, 0.05) is 17.9 Å². The molecule has 2 aromatic carbocycles. The van der Waals surface area contributed by atoms with E-state index < -0.39 is 0 Å². The van der Waals surface area contributed by atoms with Crippen molar-refractivity contribution in [1.82, 2.24) is 4.57 Å². The van der Waals surface area contributed by atoms with Crippen molar-refractivity contribution < 1.29 is 13.9 Å². The molecule has 0 atom stereocenters. The molecule has 0 aliphatic heterocycles. The Balaban J connectivity index is 1.83. The molecule has 1 heterocycles. The normalized spacial score (nSPS) is 11.9. The number of hydrogen-bond acceptors (Lipinski definition) is 4. The molecule has 0 bridgehead atoms. The fraction of sp³-hybridized carbons (Fsp3) is 0.364. The molecule has 4 nitrogen and oxygen atoms in total. The van der Waals surface area contributed by atoms with Gasteiger partial charge in [-0.25, -0.2) is 4.39 Å². The van der Waals surface area contributed by atoms with Crippen LogP contribution in [0.2, 0.25) is 0 Å². The molecular weight excluding hydrogens is 407 g/mol. The number of fused-ring (bicyclic) bond motifs is 1. The third-order valence-electron chi connectivity index (χ3n) is 4.48. The highest BCUT2D eigenvalue weighted by molar-refractivity contribution is 7.98. The van der Waals surface area contributed by atoms with Crippen LogP contribution in [0, 0.1) is 5.82 Å². The lowest BCUT2D eigenvalue weighted by Gasteiger charge is -2.06. The van der Waals surface area contributed by atoms with Crippen LogP contribution in [-0.4, -0.2) is 29.1 Å². The first-order valence-corrected chi connectivity index (χ1v) is 11.9. The predicted octanol–water partition coefficient (Wildman–Crippen LogP) is 5.52. The molecule has 3 rings (SSSR count). The molecule has 0 N–H and O–H groups in total. The van der Waals surface area contributed by atoms with Gasteiger partial charge in [0.2, 0.25) is 0 Å². The molecule has 1 aromatic heterocycles. The average molecular weight is 433 g/mol. The van der Waals surface area contributed by atoms with Crippen LogP contribution >= 0.6 is 23.1 Å². The van der Waals surface area contributed by atoms with Crippen molar-refractivity contribution >= 4 is 39.2 Å². The van der Waals surface area contributed by atoms with E-state index in [2.05, 4.69) is 11.9 Å². The number of amides is 1. The van der Waals surface area contributed by atoms with Gasteiger partial charge in [-0.1, -0.05) is 31.1 Å². The van der Waals surface area contributed by atoms with Gasteiger partial charge in [-0.15, -0.1) is 0 Å². The largest absolute Gasteiger partial charge is 0.494 e. The van der Waals surface area contributed by atoms with Crippen LogP contribution in [0.15, 0.2) is 47.5 Å². The van der Waals surface area contributed by atoms with Crippen LogP contribution in [-0.2, 0) is 6.54 Å². The summed E-state index contributed by atoms with van der Waals surface area (Å²) in [4.78, 5) is 17.6. The van der Waals surface area contributed by atoms with E-state index in [1.807, 2.05) is 10.8 Å². The number of nitrogens with zero attached hydrogens (tertiary/aromatic N) is 2. The Labute approximate surface area is 178 Å². The summed E-state index contributed by atoms with van der Waals surface area (Å²) in [6.07, 6.45) is 5.35. The van der Waals surface area contributed by atoms with Crippen molar-refractivity contribution in [3.8, 4) is 5.75 Å². The Bertz CT molecular complexity index is 1030. The summed E-state index contributed by atoms with van der Waals surface area (Å²) in [5.41, 5.74) is 1.40. The zero-order chi connectivity index (χ0) is 20.6. The number of carbonyl (C=O) groups is 1. The maximum absolute atomic E-state index is 13.6. The van der Waals surface area contributed by atoms with Crippen molar-refractivity contribution in [2.45, 2.75) is 32.7 Å². The number of carbonyl (C=O) groups excluding carboxylic acids is 1. The Kier molecular flexibility index (Phi) is 7.89. The Hall–Kier alpha value is -2.12. The van der Waals surface area contributed by atoms with Crippen molar-refractivity contribution in [2.75, 3.05) is 18.6 Å². The van der Waals surface area contributed by atoms with Crippen LogP contribution in [0.25, 0.3) is 10.2 Å². The highest BCUT2D eigenvalue weighted by Crippen LogP contribution is 2.19. The monoisotopic (exact) mass is 432 g/mol. The van der Waals surface area contributed by atoms with Crippen LogP contribution in [0.5, 0.6) is 5.75 Å². The summed E-state index contributed by atoms with van der Waals surface area (Å²) in [6.45, 7) is 3.55. The van der Waals surface area contributed by atoms with Gasteiger partial charge in [0.1, 0.15) is 11.6 Å². The first-order chi connectivity index (χ1) is 14.1. The van der Waals surface area contributed by atoms with E-state index in [-0.39, 0.29) is 11.7 Å². The van der Waals surface area contributed by atoms with Gasteiger partial charge in [-0.3, -0.25) is 4.79 Å². The number of rotatable bonds is 9. The maximum atomic E-state index is 13.6. The number of halogens is 1. The molecule has 1 amide bonds. The second-order valence-corrected chi connectivity index (χ2v) is 8.63. The molecule has 0 saturated heterocycles. The molecule has 0 saturated carbocycles. The summed E-state index contributed by atoms with van der Waals surface area (Å²) in [5.74, 6) is 1.04. The summed E-state index contributed by atoms with van der Waals surface area (Å²) >= 11 is 3.05. The molecule has 154 valence electrons. The van der Waals surface area contributed by atoms with Crippen molar-refractivity contribution in [3.05, 3.63) is 58.6 Å². The molecule has 0 radical (unpaired) electrons. The zero-order valence-corrected chi connectivity index (χ0v) is 18.3.